The van der Waals surface area contributed by atoms with Gasteiger partial charge in [0.25, 0.3) is 0 Å². The molecule has 0 aliphatic carbocycles. The second-order valence-electron chi connectivity index (χ2n) is 5.63. The van der Waals surface area contributed by atoms with E-state index >= 15 is 0 Å². The number of rotatable bonds is 5. The molecular weight excluding hydrogens is 325 g/mol. The number of allylic oxidation sites excluding steroid dienone is 4. The van der Waals surface area contributed by atoms with E-state index in [1.807, 2.05) is 54.6 Å². The van der Waals surface area contributed by atoms with Crippen molar-refractivity contribution in [3.8, 4) is 35.0 Å². The predicted octanol–water partition coefficient (Wildman–Crippen LogP) is 5.05. The number of benzene rings is 1. The van der Waals surface area contributed by atoms with Crippen molar-refractivity contribution in [2.75, 3.05) is 0 Å². The molecule has 0 N–H and O–H groups in total. The minimum absolute atomic E-state index is 0.275. The van der Waals surface area contributed by atoms with Crippen LogP contribution in [0.25, 0.3) is 22.6 Å². The van der Waals surface area contributed by atoms with Crippen LogP contribution in [0.1, 0.15) is 6.92 Å². The van der Waals surface area contributed by atoms with Gasteiger partial charge >= 0.3 is 0 Å². The zero-order valence-corrected chi connectivity index (χ0v) is 14.4. The summed E-state index contributed by atoms with van der Waals surface area (Å²) in [5.41, 5.74) is 3.88. The molecule has 3 nitrogen and oxygen atoms in total. The molecule has 0 radical (unpaired) electrons. The van der Waals surface area contributed by atoms with Gasteiger partial charge in [-0.3, -0.25) is 9.67 Å². The highest BCUT2D eigenvalue weighted by Crippen LogP contribution is 2.27. The summed E-state index contributed by atoms with van der Waals surface area (Å²) in [5.74, 6) is 1.80. The van der Waals surface area contributed by atoms with Gasteiger partial charge in [0.2, 0.25) is 0 Å². The maximum absolute atomic E-state index is 14.2. The molecule has 128 valence electrons. The molecule has 0 unspecified atom stereocenters. The maximum atomic E-state index is 14.2. The third-order valence-corrected chi connectivity index (χ3v) is 3.96. The normalized spacial score (nSPS) is 12.0. The Labute approximate surface area is 152 Å². The van der Waals surface area contributed by atoms with Crippen molar-refractivity contribution in [3.63, 3.8) is 0 Å². The molecule has 0 saturated heterocycles. The number of aromatic nitrogens is 3. The molecule has 0 aliphatic rings. The minimum atomic E-state index is -0.427. The van der Waals surface area contributed by atoms with Crippen LogP contribution in [0, 0.1) is 12.3 Å². The zero-order chi connectivity index (χ0) is 18.4. The van der Waals surface area contributed by atoms with E-state index in [9.17, 15) is 4.39 Å². The fraction of sp³-hybridized carbons (Fsp3) is 0.0909. The van der Waals surface area contributed by atoms with E-state index in [2.05, 4.69) is 16.0 Å². The summed E-state index contributed by atoms with van der Waals surface area (Å²) >= 11 is 0. The molecule has 0 amide bonds. The first-order chi connectivity index (χ1) is 12.7. The SMILES string of the molecule is C#C/C=C(F)\C(=C/C)Cn1nc(-c2ccccn2)cc1-c1ccccc1. The largest absolute Gasteiger partial charge is 0.260 e. The van der Waals surface area contributed by atoms with Crippen LogP contribution in [-0.4, -0.2) is 14.8 Å². The number of pyridine rings is 1. The lowest BCUT2D eigenvalue weighted by molar-refractivity contribution is 0.604. The van der Waals surface area contributed by atoms with Crippen LogP contribution in [0.4, 0.5) is 4.39 Å². The third-order valence-electron chi connectivity index (χ3n) is 3.96. The Morgan fingerprint density at radius 1 is 1.15 bits per heavy atom. The Kier molecular flexibility index (Phi) is 5.40. The molecule has 3 rings (SSSR count). The first-order valence-electron chi connectivity index (χ1n) is 8.25. The first kappa shape index (κ1) is 17.4. The van der Waals surface area contributed by atoms with Crippen molar-refractivity contribution < 1.29 is 4.39 Å². The lowest BCUT2D eigenvalue weighted by Crippen LogP contribution is -2.06. The monoisotopic (exact) mass is 343 g/mol. The fourth-order valence-corrected chi connectivity index (χ4v) is 2.65. The molecule has 0 fully saturated rings. The van der Waals surface area contributed by atoms with Gasteiger partial charge in [0.05, 0.1) is 17.9 Å². The average Bonchev–Trinajstić information content (AvgIpc) is 3.11. The molecule has 2 heterocycles. The Bertz CT molecular complexity index is 977. The molecule has 0 saturated carbocycles. The average molecular weight is 343 g/mol. The Morgan fingerprint density at radius 2 is 1.92 bits per heavy atom. The second-order valence-corrected chi connectivity index (χ2v) is 5.63. The van der Waals surface area contributed by atoms with Crippen LogP contribution in [-0.2, 0) is 6.54 Å². The van der Waals surface area contributed by atoms with E-state index in [-0.39, 0.29) is 6.54 Å². The van der Waals surface area contributed by atoms with Gasteiger partial charge in [-0.1, -0.05) is 48.4 Å². The van der Waals surface area contributed by atoms with E-state index in [0.29, 0.717) is 5.57 Å². The zero-order valence-electron chi connectivity index (χ0n) is 14.4. The van der Waals surface area contributed by atoms with Crippen LogP contribution in [0.3, 0.4) is 0 Å². The summed E-state index contributed by atoms with van der Waals surface area (Å²) in [6.45, 7) is 2.06. The van der Waals surface area contributed by atoms with Gasteiger partial charge in [-0.05, 0) is 30.7 Å². The highest BCUT2D eigenvalue weighted by Gasteiger charge is 2.14. The van der Waals surface area contributed by atoms with E-state index < -0.39 is 5.83 Å². The van der Waals surface area contributed by atoms with E-state index in [4.69, 9.17) is 6.42 Å². The van der Waals surface area contributed by atoms with E-state index in [1.54, 1.807) is 23.9 Å². The molecule has 2 aromatic heterocycles. The Hall–Kier alpha value is -3.45. The van der Waals surface area contributed by atoms with Crippen molar-refractivity contribution in [3.05, 3.63) is 84.3 Å². The summed E-state index contributed by atoms with van der Waals surface area (Å²) < 4.78 is 16.0. The second kappa shape index (κ2) is 8.09. The van der Waals surface area contributed by atoms with Gasteiger partial charge in [-0.25, -0.2) is 4.39 Å². The quantitative estimate of drug-likeness (QED) is 0.480. The van der Waals surface area contributed by atoms with Crippen molar-refractivity contribution in [1.29, 1.82) is 0 Å². The first-order valence-corrected chi connectivity index (χ1v) is 8.25. The standard InChI is InChI=1S/C22H18FN3/c1-3-10-19(23)17(4-2)16-26-22(18-11-6-5-7-12-18)15-21(25-26)20-13-8-9-14-24-20/h1,4-15H,16H2,2H3/b17-4-,19-10+. The molecular formula is C22H18FN3. The van der Waals surface area contributed by atoms with E-state index in [0.717, 1.165) is 28.7 Å². The molecule has 0 bridgehead atoms. The molecule has 0 spiro atoms. The van der Waals surface area contributed by atoms with Gasteiger partial charge in [0, 0.05) is 17.8 Å². The lowest BCUT2D eigenvalue weighted by Gasteiger charge is -2.09. The number of hydrogen-bond donors (Lipinski definition) is 0. The summed E-state index contributed by atoms with van der Waals surface area (Å²) in [6, 6.07) is 17.5. The molecule has 26 heavy (non-hydrogen) atoms. The van der Waals surface area contributed by atoms with Gasteiger partial charge < -0.3 is 0 Å². The van der Waals surface area contributed by atoms with Crippen LogP contribution in [0.15, 0.2) is 84.3 Å². The van der Waals surface area contributed by atoms with Gasteiger partial charge in [-0.2, -0.15) is 5.10 Å². The van der Waals surface area contributed by atoms with Crippen LogP contribution >= 0.6 is 0 Å². The predicted molar refractivity (Wildman–Crippen MR) is 103 cm³/mol. The highest BCUT2D eigenvalue weighted by atomic mass is 19.1. The van der Waals surface area contributed by atoms with Crippen LogP contribution in [0.5, 0.6) is 0 Å². The summed E-state index contributed by atoms with van der Waals surface area (Å²) in [5, 5.41) is 4.65. The maximum Gasteiger partial charge on any atom is 0.136 e. The van der Waals surface area contributed by atoms with Gasteiger partial charge in [-0.15, -0.1) is 6.42 Å². The molecule has 3 aromatic rings. The lowest BCUT2D eigenvalue weighted by atomic mass is 10.1. The molecule has 0 atom stereocenters. The topological polar surface area (TPSA) is 30.7 Å². The van der Waals surface area contributed by atoms with Crippen molar-refractivity contribution in [2.24, 2.45) is 0 Å². The smallest absolute Gasteiger partial charge is 0.136 e. The minimum Gasteiger partial charge on any atom is -0.260 e. The van der Waals surface area contributed by atoms with Crippen molar-refractivity contribution in [2.45, 2.75) is 13.5 Å². The Balaban J connectivity index is 2.07. The number of hydrogen-bond acceptors (Lipinski definition) is 2. The summed E-state index contributed by atoms with van der Waals surface area (Å²) in [7, 11) is 0. The molecule has 4 heteroatoms. The number of terminal acetylenes is 1. The molecule has 0 aliphatic heterocycles. The highest BCUT2D eigenvalue weighted by molar-refractivity contribution is 5.67. The Morgan fingerprint density at radius 3 is 2.58 bits per heavy atom. The van der Waals surface area contributed by atoms with Crippen LogP contribution < -0.4 is 0 Å². The van der Waals surface area contributed by atoms with Crippen molar-refractivity contribution in [1.82, 2.24) is 14.8 Å². The fourth-order valence-electron chi connectivity index (χ4n) is 2.65. The third kappa shape index (κ3) is 3.79. The van der Waals surface area contributed by atoms with Gasteiger partial charge in [0.15, 0.2) is 0 Å². The summed E-state index contributed by atoms with van der Waals surface area (Å²) in [4.78, 5) is 4.36. The van der Waals surface area contributed by atoms with Crippen LogP contribution in [0.2, 0.25) is 0 Å². The molecule has 1 aromatic carbocycles. The number of halogens is 1. The van der Waals surface area contributed by atoms with Crippen molar-refractivity contribution >= 4 is 0 Å². The summed E-state index contributed by atoms with van der Waals surface area (Å²) in [6.07, 6.45) is 9.75. The number of nitrogens with zero attached hydrogens (tertiary/aromatic N) is 3. The van der Waals surface area contributed by atoms with Gasteiger partial charge in [0.1, 0.15) is 11.5 Å². The van der Waals surface area contributed by atoms with E-state index in [1.165, 1.54) is 0 Å².